The Hall–Kier alpha value is -2.21. The third-order valence-corrected chi connectivity index (χ3v) is 3.53. The van der Waals surface area contributed by atoms with Crippen LogP contribution in [0.3, 0.4) is 0 Å². The Morgan fingerprint density at radius 3 is 2.74 bits per heavy atom. The van der Waals surface area contributed by atoms with Crippen LogP contribution in [-0.4, -0.2) is 29.5 Å². The van der Waals surface area contributed by atoms with E-state index >= 15 is 0 Å². The number of aliphatic hydroxyl groups excluding tert-OH is 1. The highest BCUT2D eigenvalue weighted by atomic mass is 16.5. The van der Waals surface area contributed by atoms with Gasteiger partial charge in [0.2, 0.25) is 5.75 Å². The number of ether oxygens (including phenoxy) is 2. The first kappa shape index (κ1) is 17.1. The molecule has 6 heteroatoms. The van der Waals surface area contributed by atoms with Crippen LogP contribution in [0, 0.1) is 0 Å². The van der Waals surface area contributed by atoms with Crippen LogP contribution in [-0.2, 0) is 0 Å². The largest absolute Gasteiger partial charge is 0.503 e. The number of hydrogen-bond donors (Lipinski definition) is 2. The van der Waals surface area contributed by atoms with Crippen molar-refractivity contribution in [1.29, 1.82) is 0 Å². The van der Waals surface area contributed by atoms with Crippen molar-refractivity contribution in [2.45, 2.75) is 39.2 Å². The van der Waals surface area contributed by atoms with Gasteiger partial charge >= 0.3 is 5.63 Å². The van der Waals surface area contributed by atoms with E-state index < -0.39 is 5.63 Å². The first-order valence-electron chi connectivity index (χ1n) is 7.81. The molecule has 23 heavy (non-hydrogen) atoms. The van der Waals surface area contributed by atoms with Crippen molar-refractivity contribution >= 4 is 11.0 Å². The van der Waals surface area contributed by atoms with Crippen molar-refractivity contribution in [3.05, 3.63) is 28.6 Å². The molecule has 1 atom stereocenters. The molecular formula is C17H22O6. The molecule has 6 nitrogen and oxygen atoms in total. The maximum absolute atomic E-state index is 12.1. The highest BCUT2D eigenvalue weighted by Crippen LogP contribution is 2.38. The normalized spacial score (nSPS) is 12.3. The first-order chi connectivity index (χ1) is 11.1. The molecular weight excluding hydrogens is 300 g/mol. The second-order valence-electron chi connectivity index (χ2n) is 5.21. The van der Waals surface area contributed by atoms with Gasteiger partial charge in [0.05, 0.1) is 12.7 Å². The Morgan fingerprint density at radius 2 is 2.09 bits per heavy atom. The Morgan fingerprint density at radius 1 is 1.30 bits per heavy atom. The Bertz CT molecular complexity index is 706. The van der Waals surface area contributed by atoms with Crippen molar-refractivity contribution in [2.24, 2.45) is 0 Å². The lowest BCUT2D eigenvalue weighted by atomic mass is 10.1. The minimum absolute atomic E-state index is 0.0707. The average molecular weight is 322 g/mol. The van der Waals surface area contributed by atoms with Gasteiger partial charge in [-0.25, -0.2) is 4.79 Å². The molecule has 0 spiro atoms. The van der Waals surface area contributed by atoms with E-state index in [0.717, 1.165) is 12.8 Å². The molecule has 0 bridgehead atoms. The molecule has 1 unspecified atom stereocenters. The maximum atomic E-state index is 12.1. The fraction of sp³-hybridized carbons (Fsp3) is 0.471. The van der Waals surface area contributed by atoms with Crippen LogP contribution in [0.4, 0.5) is 0 Å². The summed E-state index contributed by atoms with van der Waals surface area (Å²) in [6.45, 7) is 3.89. The van der Waals surface area contributed by atoms with Crippen LogP contribution < -0.4 is 15.1 Å². The summed E-state index contributed by atoms with van der Waals surface area (Å²) < 4.78 is 16.3. The zero-order valence-corrected chi connectivity index (χ0v) is 13.4. The molecule has 126 valence electrons. The lowest BCUT2D eigenvalue weighted by Gasteiger charge is -2.17. The van der Waals surface area contributed by atoms with Gasteiger partial charge in [0.15, 0.2) is 5.75 Å². The Balaban J connectivity index is 2.51. The van der Waals surface area contributed by atoms with Gasteiger partial charge in [0.1, 0.15) is 23.3 Å². The smallest absolute Gasteiger partial charge is 0.383 e. The molecule has 0 aliphatic heterocycles. The third kappa shape index (κ3) is 3.76. The number of rotatable bonds is 8. The van der Waals surface area contributed by atoms with E-state index in [1.165, 1.54) is 0 Å². The minimum atomic E-state index is -0.719. The topological polar surface area (TPSA) is 89.1 Å². The zero-order chi connectivity index (χ0) is 16.8. The van der Waals surface area contributed by atoms with E-state index in [2.05, 4.69) is 0 Å². The van der Waals surface area contributed by atoms with Gasteiger partial charge in [0.25, 0.3) is 0 Å². The van der Waals surface area contributed by atoms with E-state index in [1.54, 1.807) is 18.2 Å². The van der Waals surface area contributed by atoms with Crippen molar-refractivity contribution in [2.75, 3.05) is 13.2 Å². The highest BCUT2D eigenvalue weighted by molar-refractivity contribution is 5.91. The fourth-order valence-corrected chi connectivity index (χ4v) is 2.40. The second-order valence-corrected chi connectivity index (χ2v) is 5.21. The van der Waals surface area contributed by atoms with Crippen LogP contribution in [0.1, 0.15) is 33.1 Å². The van der Waals surface area contributed by atoms with Crippen molar-refractivity contribution < 1.29 is 24.1 Å². The molecule has 2 aromatic rings. The monoisotopic (exact) mass is 322 g/mol. The molecule has 0 aliphatic rings. The van der Waals surface area contributed by atoms with Crippen molar-refractivity contribution in [1.82, 2.24) is 0 Å². The molecule has 2 rings (SSSR count). The second kappa shape index (κ2) is 7.87. The molecule has 0 amide bonds. The van der Waals surface area contributed by atoms with Crippen LogP contribution in [0.25, 0.3) is 11.0 Å². The van der Waals surface area contributed by atoms with Gasteiger partial charge in [-0.15, -0.1) is 0 Å². The maximum Gasteiger partial charge on any atom is 0.383 e. The van der Waals surface area contributed by atoms with Crippen LogP contribution in [0.2, 0.25) is 0 Å². The predicted octanol–water partition coefficient (Wildman–Crippen LogP) is 2.83. The summed E-state index contributed by atoms with van der Waals surface area (Å²) in [6, 6.07) is 4.84. The van der Waals surface area contributed by atoms with Gasteiger partial charge in [0, 0.05) is 0 Å². The summed E-state index contributed by atoms with van der Waals surface area (Å²) in [5.74, 6) is -0.164. The molecule has 1 aromatic heterocycles. The van der Waals surface area contributed by atoms with E-state index in [9.17, 15) is 9.90 Å². The average Bonchev–Trinajstić information content (AvgIpc) is 2.55. The summed E-state index contributed by atoms with van der Waals surface area (Å²) in [6.07, 6.45) is 2.23. The van der Waals surface area contributed by atoms with E-state index in [-0.39, 0.29) is 41.8 Å². The van der Waals surface area contributed by atoms with Crippen molar-refractivity contribution in [3.8, 4) is 17.2 Å². The quantitative estimate of drug-likeness (QED) is 0.727. The molecule has 0 aliphatic carbocycles. The van der Waals surface area contributed by atoms with Gasteiger partial charge in [-0.2, -0.15) is 0 Å². The molecule has 2 N–H and O–H groups in total. The number of benzene rings is 1. The fourth-order valence-electron chi connectivity index (χ4n) is 2.40. The van der Waals surface area contributed by atoms with Gasteiger partial charge in [-0.3, -0.25) is 0 Å². The molecule has 0 radical (unpaired) electrons. The SMILES string of the molecule is CCCC(CC)Oc1c(O)c2c(OCCO)cccc2oc1=O. The van der Waals surface area contributed by atoms with E-state index in [0.29, 0.717) is 12.2 Å². The number of hydrogen-bond acceptors (Lipinski definition) is 6. The van der Waals surface area contributed by atoms with E-state index in [1.807, 2.05) is 13.8 Å². The predicted molar refractivity (Wildman–Crippen MR) is 86.3 cm³/mol. The molecule has 0 saturated heterocycles. The summed E-state index contributed by atoms with van der Waals surface area (Å²) in [5.41, 5.74) is -0.511. The van der Waals surface area contributed by atoms with Crippen LogP contribution in [0.5, 0.6) is 17.2 Å². The summed E-state index contributed by atoms with van der Waals surface area (Å²) in [4.78, 5) is 12.1. The van der Waals surface area contributed by atoms with Gasteiger partial charge in [-0.1, -0.05) is 26.3 Å². The lowest BCUT2D eigenvalue weighted by molar-refractivity contribution is 0.171. The number of fused-ring (bicyclic) bond motifs is 1. The van der Waals surface area contributed by atoms with Gasteiger partial charge < -0.3 is 24.1 Å². The number of aromatic hydroxyl groups is 1. The first-order valence-corrected chi connectivity index (χ1v) is 7.81. The molecule has 1 aromatic carbocycles. The Labute approximate surface area is 134 Å². The molecule has 0 fully saturated rings. The van der Waals surface area contributed by atoms with Gasteiger partial charge in [-0.05, 0) is 25.0 Å². The summed E-state index contributed by atoms with van der Waals surface area (Å²) in [5, 5.41) is 19.7. The summed E-state index contributed by atoms with van der Waals surface area (Å²) >= 11 is 0. The van der Waals surface area contributed by atoms with Crippen molar-refractivity contribution in [3.63, 3.8) is 0 Å². The standard InChI is InChI=1S/C17H22O6/c1-3-6-11(4-2)22-16-15(19)14-12(21-10-9-18)7-5-8-13(14)23-17(16)20/h5,7-8,11,18-19H,3-4,6,9-10H2,1-2H3. The molecule has 1 heterocycles. The summed E-state index contributed by atoms with van der Waals surface area (Å²) in [7, 11) is 0. The van der Waals surface area contributed by atoms with Crippen LogP contribution in [0.15, 0.2) is 27.4 Å². The lowest BCUT2D eigenvalue weighted by Crippen LogP contribution is -2.19. The van der Waals surface area contributed by atoms with Crippen LogP contribution >= 0.6 is 0 Å². The minimum Gasteiger partial charge on any atom is -0.503 e. The zero-order valence-electron chi connectivity index (χ0n) is 13.4. The Kier molecular flexibility index (Phi) is 5.87. The third-order valence-electron chi connectivity index (χ3n) is 3.53. The highest BCUT2D eigenvalue weighted by Gasteiger charge is 2.21. The number of aliphatic hydroxyl groups is 1. The van der Waals surface area contributed by atoms with E-state index in [4.69, 9.17) is 19.0 Å². The molecule has 0 saturated carbocycles.